The van der Waals surface area contributed by atoms with Gasteiger partial charge in [0.1, 0.15) is 11.4 Å². The predicted octanol–water partition coefficient (Wildman–Crippen LogP) is 3.11. The van der Waals surface area contributed by atoms with Gasteiger partial charge >= 0.3 is 0 Å². The van der Waals surface area contributed by atoms with E-state index in [0.717, 1.165) is 28.6 Å². The normalized spacial score (nSPS) is 12.8. The lowest BCUT2D eigenvalue weighted by atomic mass is 9.99. The van der Waals surface area contributed by atoms with E-state index in [-0.39, 0.29) is 17.5 Å². The first-order valence-electron chi connectivity index (χ1n) is 9.74. The van der Waals surface area contributed by atoms with Crippen molar-refractivity contribution in [2.75, 3.05) is 23.4 Å². The van der Waals surface area contributed by atoms with Gasteiger partial charge in [0.2, 0.25) is 15.9 Å². The second-order valence-corrected chi connectivity index (χ2v) is 9.18. The summed E-state index contributed by atoms with van der Waals surface area (Å²) in [6, 6.07) is 10.6. The van der Waals surface area contributed by atoms with Crippen LogP contribution in [0.3, 0.4) is 0 Å². The van der Waals surface area contributed by atoms with E-state index in [2.05, 4.69) is 20.0 Å². The fourth-order valence-electron chi connectivity index (χ4n) is 3.47. The molecule has 32 heavy (non-hydrogen) atoms. The number of hydrogen-bond acceptors (Lipinski definition) is 7. The first-order valence-corrected chi connectivity index (χ1v) is 11.6. The van der Waals surface area contributed by atoms with Gasteiger partial charge < -0.3 is 14.8 Å². The second-order valence-electron chi connectivity index (χ2n) is 7.43. The Kier molecular flexibility index (Phi) is 5.81. The van der Waals surface area contributed by atoms with Crippen LogP contribution in [0.25, 0.3) is 11.1 Å². The number of carbonyl (C=O) groups is 1. The van der Waals surface area contributed by atoms with E-state index in [1.165, 1.54) is 7.11 Å². The smallest absolute Gasteiger partial charge is 0.274 e. The highest BCUT2D eigenvalue weighted by Gasteiger charge is 2.21. The Morgan fingerprint density at radius 1 is 1.12 bits per heavy atom. The number of ether oxygens (including phenoxy) is 2. The number of sulfonamides is 1. The van der Waals surface area contributed by atoms with Gasteiger partial charge in [-0.2, -0.15) is 0 Å². The number of hydrogen-bond donors (Lipinski definition) is 2. The van der Waals surface area contributed by atoms with Gasteiger partial charge in [-0.15, -0.1) is 0 Å². The summed E-state index contributed by atoms with van der Waals surface area (Å²) in [6.45, 7) is 2.61. The molecule has 0 saturated carbocycles. The van der Waals surface area contributed by atoms with Gasteiger partial charge in [0.25, 0.3) is 5.91 Å². The fourth-order valence-corrected chi connectivity index (χ4v) is 4.02. The highest BCUT2D eigenvalue weighted by Crippen LogP contribution is 2.35. The van der Waals surface area contributed by atoms with Crippen LogP contribution in [0.4, 0.5) is 11.4 Å². The number of nitrogens with one attached hydrogen (secondary N) is 2. The molecular formula is C22H22N4O5S. The maximum absolute atomic E-state index is 12.8. The van der Waals surface area contributed by atoms with Crippen LogP contribution in [0.2, 0.25) is 0 Å². The summed E-state index contributed by atoms with van der Waals surface area (Å²) in [7, 11) is -2.12. The summed E-state index contributed by atoms with van der Waals surface area (Å²) in [4.78, 5) is 21.3. The Morgan fingerprint density at radius 3 is 2.62 bits per heavy atom. The number of rotatable bonds is 6. The minimum absolute atomic E-state index is 0.155. The van der Waals surface area contributed by atoms with Crippen LogP contribution >= 0.6 is 0 Å². The van der Waals surface area contributed by atoms with Crippen LogP contribution in [-0.4, -0.2) is 37.7 Å². The number of methoxy groups -OCH3 is 1. The van der Waals surface area contributed by atoms with E-state index in [1.54, 1.807) is 24.4 Å². The summed E-state index contributed by atoms with van der Waals surface area (Å²) >= 11 is 0. The highest BCUT2D eigenvalue weighted by molar-refractivity contribution is 7.92. The molecule has 3 heterocycles. The lowest BCUT2D eigenvalue weighted by Gasteiger charge is -2.14. The first-order chi connectivity index (χ1) is 15.2. The number of nitrogens with zero attached hydrogens (tertiary/aromatic N) is 2. The standard InChI is InChI=1S/C22H22N4O5S/c1-13-5-4-6-18(24-13)21(27)25-19-8-14(7-16-11-31-12-17(16)19)15-9-20(26-32(3,28)29)22(30-2)23-10-15/h4-10,26H,11-12H2,1-3H3,(H,25,27). The van der Waals surface area contributed by atoms with Gasteiger partial charge in [0.05, 0.1) is 26.6 Å². The van der Waals surface area contributed by atoms with Gasteiger partial charge in [-0.25, -0.2) is 18.4 Å². The molecule has 166 valence electrons. The number of aryl methyl sites for hydroxylation is 1. The number of benzene rings is 1. The molecule has 1 aliphatic rings. The third-order valence-corrected chi connectivity index (χ3v) is 5.48. The lowest BCUT2D eigenvalue weighted by molar-refractivity contribution is 0.102. The molecule has 1 aromatic carbocycles. The van der Waals surface area contributed by atoms with Gasteiger partial charge in [-0.1, -0.05) is 6.07 Å². The molecule has 0 spiro atoms. The van der Waals surface area contributed by atoms with E-state index in [1.807, 2.05) is 25.1 Å². The molecule has 0 radical (unpaired) electrons. The molecule has 0 aliphatic carbocycles. The van der Waals surface area contributed by atoms with E-state index in [0.29, 0.717) is 30.2 Å². The summed E-state index contributed by atoms with van der Waals surface area (Å²) in [5.74, 6) is -0.171. The van der Waals surface area contributed by atoms with Gasteiger partial charge in [-0.05, 0) is 48.4 Å². The van der Waals surface area contributed by atoms with Crippen molar-refractivity contribution in [2.45, 2.75) is 20.1 Å². The van der Waals surface area contributed by atoms with Crippen molar-refractivity contribution in [1.82, 2.24) is 9.97 Å². The Morgan fingerprint density at radius 2 is 1.91 bits per heavy atom. The summed E-state index contributed by atoms with van der Waals surface area (Å²) in [5, 5.41) is 2.93. The number of fused-ring (bicyclic) bond motifs is 1. The average Bonchev–Trinajstić information content (AvgIpc) is 3.21. The molecule has 1 amide bonds. The number of anilines is 2. The van der Waals surface area contributed by atoms with Crippen LogP contribution in [0, 0.1) is 6.92 Å². The van der Waals surface area contributed by atoms with Gasteiger partial charge in [0.15, 0.2) is 0 Å². The zero-order chi connectivity index (χ0) is 22.9. The Labute approximate surface area is 185 Å². The Balaban J connectivity index is 1.74. The monoisotopic (exact) mass is 454 g/mol. The van der Waals surface area contributed by atoms with Crippen LogP contribution in [-0.2, 0) is 28.0 Å². The van der Waals surface area contributed by atoms with E-state index in [9.17, 15) is 13.2 Å². The summed E-state index contributed by atoms with van der Waals surface area (Å²) in [5.41, 5.74) is 5.11. The predicted molar refractivity (Wildman–Crippen MR) is 120 cm³/mol. The topological polar surface area (TPSA) is 120 Å². The molecule has 0 unspecified atom stereocenters. The fraction of sp³-hybridized carbons (Fsp3) is 0.227. The maximum atomic E-state index is 12.8. The molecule has 0 fully saturated rings. The third-order valence-electron chi connectivity index (χ3n) is 4.89. The van der Waals surface area contributed by atoms with Crippen molar-refractivity contribution in [1.29, 1.82) is 0 Å². The third kappa shape index (κ3) is 4.71. The SMILES string of the molecule is COc1ncc(-c2cc3c(c(NC(=O)c4cccc(C)n4)c2)COC3)cc1NS(C)(=O)=O. The summed E-state index contributed by atoms with van der Waals surface area (Å²) in [6.07, 6.45) is 2.64. The van der Waals surface area contributed by atoms with Crippen LogP contribution in [0.5, 0.6) is 5.88 Å². The van der Waals surface area contributed by atoms with E-state index < -0.39 is 10.0 Å². The second kappa shape index (κ2) is 8.56. The van der Waals surface area contributed by atoms with Gasteiger partial charge in [0, 0.05) is 28.7 Å². The van der Waals surface area contributed by atoms with Crippen molar-refractivity contribution >= 4 is 27.3 Å². The molecule has 2 aromatic heterocycles. The Hall–Kier alpha value is -3.50. The van der Waals surface area contributed by atoms with Crippen molar-refractivity contribution in [3.8, 4) is 17.0 Å². The molecule has 3 aromatic rings. The van der Waals surface area contributed by atoms with Crippen molar-refractivity contribution in [3.63, 3.8) is 0 Å². The van der Waals surface area contributed by atoms with Crippen molar-refractivity contribution < 1.29 is 22.7 Å². The zero-order valence-electron chi connectivity index (χ0n) is 17.8. The molecular weight excluding hydrogens is 432 g/mol. The van der Waals surface area contributed by atoms with E-state index in [4.69, 9.17) is 9.47 Å². The molecule has 9 nitrogen and oxygen atoms in total. The first kappa shape index (κ1) is 21.7. The minimum Gasteiger partial charge on any atom is -0.480 e. The number of pyridine rings is 2. The molecule has 0 bridgehead atoms. The molecule has 2 N–H and O–H groups in total. The maximum Gasteiger partial charge on any atom is 0.274 e. The highest BCUT2D eigenvalue weighted by atomic mass is 32.2. The van der Waals surface area contributed by atoms with Gasteiger partial charge in [-0.3, -0.25) is 9.52 Å². The van der Waals surface area contributed by atoms with E-state index >= 15 is 0 Å². The summed E-state index contributed by atoms with van der Waals surface area (Å²) < 4.78 is 36.7. The number of amides is 1. The molecule has 1 aliphatic heterocycles. The number of aromatic nitrogens is 2. The van der Waals surface area contributed by atoms with Crippen molar-refractivity contribution in [3.05, 3.63) is 65.1 Å². The largest absolute Gasteiger partial charge is 0.480 e. The molecule has 4 rings (SSSR count). The quantitative estimate of drug-likeness (QED) is 0.587. The number of carbonyl (C=O) groups excluding carboxylic acids is 1. The Bertz CT molecular complexity index is 1310. The van der Waals surface area contributed by atoms with Crippen molar-refractivity contribution in [2.24, 2.45) is 0 Å². The molecule has 10 heteroatoms. The lowest BCUT2D eigenvalue weighted by Crippen LogP contribution is -2.15. The van der Waals surface area contributed by atoms with Crippen LogP contribution in [0.1, 0.15) is 27.3 Å². The van der Waals surface area contributed by atoms with Crippen LogP contribution in [0.15, 0.2) is 42.6 Å². The average molecular weight is 455 g/mol. The minimum atomic E-state index is -3.53. The molecule has 0 saturated heterocycles. The zero-order valence-corrected chi connectivity index (χ0v) is 18.6. The van der Waals surface area contributed by atoms with Crippen LogP contribution < -0.4 is 14.8 Å². The molecule has 0 atom stereocenters.